The van der Waals surface area contributed by atoms with E-state index in [1.165, 1.54) is 24.5 Å². The molecule has 0 spiro atoms. The summed E-state index contributed by atoms with van der Waals surface area (Å²) in [5.74, 6) is -1.89. The van der Waals surface area contributed by atoms with Gasteiger partial charge in [0.05, 0.1) is 18.9 Å². The van der Waals surface area contributed by atoms with Gasteiger partial charge in [0.1, 0.15) is 5.69 Å². The molecule has 1 atom stereocenters. The molecule has 126 valence electrons. The summed E-state index contributed by atoms with van der Waals surface area (Å²) in [6.07, 6.45) is -1.00. The molecule has 0 saturated carbocycles. The lowest BCUT2D eigenvalue weighted by atomic mass is 9.99. The van der Waals surface area contributed by atoms with Crippen molar-refractivity contribution in [3.8, 4) is 0 Å². The lowest BCUT2D eigenvalue weighted by molar-refractivity contribution is -0.144. The van der Waals surface area contributed by atoms with Gasteiger partial charge >= 0.3 is 12.1 Å². The maximum absolute atomic E-state index is 13.1. The van der Waals surface area contributed by atoms with Crippen LogP contribution in [0.4, 0.5) is 13.2 Å². The molecule has 0 bridgehead atoms. The van der Waals surface area contributed by atoms with E-state index < -0.39 is 35.2 Å². The Kier molecular flexibility index (Phi) is 5.12. The summed E-state index contributed by atoms with van der Waals surface area (Å²) in [6.45, 7) is 0. The van der Waals surface area contributed by atoms with Gasteiger partial charge in [-0.3, -0.25) is 9.78 Å². The Labute approximate surface area is 134 Å². The van der Waals surface area contributed by atoms with Crippen LogP contribution in [0.3, 0.4) is 0 Å². The van der Waals surface area contributed by atoms with Gasteiger partial charge in [-0.25, -0.2) is 9.78 Å². The van der Waals surface area contributed by atoms with Crippen molar-refractivity contribution < 1.29 is 27.5 Å². The second kappa shape index (κ2) is 7.07. The molecule has 1 N–H and O–H groups in total. The van der Waals surface area contributed by atoms with E-state index >= 15 is 0 Å². The average molecular weight is 339 g/mol. The molecule has 0 saturated heterocycles. The largest absolute Gasteiger partial charge is 0.467 e. The quantitative estimate of drug-likeness (QED) is 0.863. The lowest BCUT2D eigenvalue weighted by Crippen LogP contribution is -2.36. The Morgan fingerprint density at radius 3 is 2.50 bits per heavy atom. The minimum Gasteiger partial charge on any atom is -0.467 e. The predicted octanol–water partition coefficient (Wildman–Crippen LogP) is 2.14. The number of nitrogens with one attached hydrogen (secondary N) is 1. The summed E-state index contributed by atoms with van der Waals surface area (Å²) < 4.78 is 44.0. The van der Waals surface area contributed by atoms with Crippen molar-refractivity contribution in [1.29, 1.82) is 0 Å². The van der Waals surface area contributed by atoms with Crippen molar-refractivity contribution in [3.63, 3.8) is 0 Å². The second-order valence-electron chi connectivity index (χ2n) is 4.61. The second-order valence-corrected chi connectivity index (χ2v) is 4.61. The van der Waals surface area contributed by atoms with E-state index in [9.17, 15) is 22.8 Å². The van der Waals surface area contributed by atoms with E-state index in [2.05, 4.69) is 20.0 Å². The third kappa shape index (κ3) is 3.86. The topological polar surface area (TPSA) is 81.2 Å². The number of ether oxygens (including phenoxy) is 1. The molecule has 1 aromatic heterocycles. The number of rotatable bonds is 4. The van der Waals surface area contributed by atoms with E-state index in [4.69, 9.17) is 0 Å². The number of halogens is 3. The Bertz CT molecular complexity index is 735. The molecule has 1 unspecified atom stereocenters. The molecule has 0 aliphatic carbocycles. The van der Waals surface area contributed by atoms with Crippen LogP contribution in [0.5, 0.6) is 0 Å². The van der Waals surface area contributed by atoms with E-state index in [0.29, 0.717) is 0 Å². The third-order valence-electron chi connectivity index (χ3n) is 3.09. The van der Waals surface area contributed by atoms with Gasteiger partial charge in [-0.15, -0.1) is 0 Å². The van der Waals surface area contributed by atoms with Crippen molar-refractivity contribution in [2.75, 3.05) is 7.11 Å². The van der Waals surface area contributed by atoms with Crippen LogP contribution in [-0.4, -0.2) is 29.0 Å². The van der Waals surface area contributed by atoms with Crippen LogP contribution in [0, 0.1) is 0 Å². The van der Waals surface area contributed by atoms with Crippen molar-refractivity contribution >= 4 is 11.9 Å². The summed E-state index contributed by atoms with van der Waals surface area (Å²) in [5, 5.41) is 2.20. The fraction of sp³-hybridized carbons (Fsp3) is 0.200. The Balaban J connectivity index is 2.41. The van der Waals surface area contributed by atoms with Crippen LogP contribution < -0.4 is 5.32 Å². The zero-order valence-corrected chi connectivity index (χ0v) is 12.4. The number of esters is 1. The average Bonchev–Trinajstić information content (AvgIpc) is 2.59. The molecule has 2 rings (SSSR count). The highest BCUT2D eigenvalue weighted by atomic mass is 19.4. The molecule has 6 nitrogen and oxygen atoms in total. The zero-order chi connectivity index (χ0) is 17.7. The van der Waals surface area contributed by atoms with Gasteiger partial charge in [0.2, 0.25) is 0 Å². The molecule has 2 aromatic rings. The summed E-state index contributed by atoms with van der Waals surface area (Å²) in [7, 11) is 1.01. The molecule has 0 aliphatic rings. The maximum Gasteiger partial charge on any atom is 0.416 e. The van der Waals surface area contributed by atoms with Crippen molar-refractivity contribution in [1.82, 2.24) is 15.3 Å². The number of amides is 1. The van der Waals surface area contributed by atoms with Crippen molar-refractivity contribution in [3.05, 3.63) is 59.7 Å². The Morgan fingerprint density at radius 1 is 1.21 bits per heavy atom. The number of alkyl halides is 3. The summed E-state index contributed by atoms with van der Waals surface area (Å²) in [5.41, 5.74) is -1.61. The van der Waals surface area contributed by atoms with Crippen molar-refractivity contribution in [2.24, 2.45) is 0 Å². The number of benzene rings is 1. The fourth-order valence-corrected chi connectivity index (χ4v) is 2.01. The number of hydrogen-bond donors (Lipinski definition) is 1. The van der Waals surface area contributed by atoms with Gasteiger partial charge in [0, 0.05) is 12.4 Å². The first-order valence-corrected chi connectivity index (χ1v) is 6.65. The molecule has 1 aromatic carbocycles. The van der Waals surface area contributed by atoms with E-state index in [0.717, 1.165) is 25.4 Å². The van der Waals surface area contributed by atoms with Gasteiger partial charge < -0.3 is 10.1 Å². The van der Waals surface area contributed by atoms with Crippen LogP contribution in [0.15, 0.2) is 42.9 Å². The van der Waals surface area contributed by atoms with E-state index in [-0.39, 0.29) is 5.69 Å². The number of nitrogens with zero attached hydrogens (tertiary/aromatic N) is 2. The molecule has 0 fully saturated rings. The normalized spacial score (nSPS) is 12.3. The van der Waals surface area contributed by atoms with Gasteiger partial charge in [-0.2, -0.15) is 13.2 Å². The molecular formula is C15H12F3N3O3. The monoisotopic (exact) mass is 339 g/mol. The summed E-state index contributed by atoms with van der Waals surface area (Å²) >= 11 is 0. The number of aromatic nitrogens is 2. The smallest absolute Gasteiger partial charge is 0.416 e. The highest BCUT2D eigenvalue weighted by molar-refractivity contribution is 5.95. The van der Waals surface area contributed by atoms with Crippen LogP contribution in [0.2, 0.25) is 0 Å². The third-order valence-corrected chi connectivity index (χ3v) is 3.09. The number of carbonyl (C=O) groups is 2. The number of hydrogen-bond acceptors (Lipinski definition) is 5. The summed E-state index contributed by atoms with van der Waals surface area (Å²) in [6, 6.07) is 2.80. The van der Waals surface area contributed by atoms with E-state index in [1.807, 2.05) is 0 Å². The maximum atomic E-state index is 13.1. The first-order valence-electron chi connectivity index (χ1n) is 6.65. The van der Waals surface area contributed by atoms with Crippen LogP contribution in [0.1, 0.15) is 27.7 Å². The molecule has 0 radical (unpaired) electrons. The first kappa shape index (κ1) is 17.4. The van der Waals surface area contributed by atoms with Crippen LogP contribution in [-0.2, 0) is 15.7 Å². The molecule has 0 aliphatic heterocycles. The highest BCUT2D eigenvalue weighted by Gasteiger charge is 2.37. The van der Waals surface area contributed by atoms with Gasteiger partial charge in [0.25, 0.3) is 5.91 Å². The number of methoxy groups -OCH3 is 1. The van der Waals surface area contributed by atoms with Crippen molar-refractivity contribution in [2.45, 2.75) is 12.2 Å². The molecule has 24 heavy (non-hydrogen) atoms. The van der Waals surface area contributed by atoms with Gasteiger partial charge in [0.15, 0.2) is 6.04 Å². The predicted molar refractivity (Wildman–Crippen MR) is 75.7 cm³/mol. The highest BCUT2D eigenvalue weighted by Crippen LogP contribution is 2.34. The first-order chi connectivity index (χ1) is 11.3. The number of carbonyl (C=O) groups excluding carboxylic acids is 2. The van der Waals surface area contributed by atoms with Crippen LogP contribution >= 0.6 is 0 Å². The molecular weight excluding hydrogens is 327 g/mol. The minimum atomic E-state index is -4.69. The lowest BCUT2D eigenvalue weighted by Gasteiger charge is -2.20. The van der Waals surface area contributed by atoms with Crippen LogP contribution in [0.25, 0.3) is 0 Å². The standard InChI is InChI=1S/C15H12F3N3O3/c1-24-14(23)12(21-13(22)11-8-19-6-7-20-11)9-4-2-3-5-10(9)15(16,17)18/h2-8,12H,1H3,(H,21,22). The van der Waals surface area contributed by atoms with Gasteiger partial charge in [-0.05, 0) is 11.6 Å². The Hall–Kier alpha value is -2.97. The Morgan fingerprint density at radius 2 is 1.92 bits per heavy atom. The molecule has 1 amide bonds. The summed E-state index contributed by atoms with van der Waals surface area (Å²) in [4.78, 5) is 31.4. The molecule has 1 heterocycles. The SMILES string of the molecule is COC(=O)C(NC(=O)c1cnccn1)c1ccccc1C(F)(F)F. The van der Waals surface area contributed by atoms with Gasteiger partial charge in [-0.1, -0.05) is 18.2 Å². The molecule has 9 heteroatoms. The fourth-order valence-electron chi connectivity index (χ4n) is 2.01. The van der Waals surface area contributed by atoms with E-state index in [1.54, 1.807) is 0 Å². The minimum absolute atomic E-state index is 0.143. The zero-order valence-electron chi connectivity index (χ0n) is 12.4.